The molecule has 0 aliphatic carbocycles. The van der Waals surface area contributed by atoms with Crippen LogP contribution in [0.25, 0.3) is 0 Å². The smallest absolute Gasteiger partial charge is 0.300 e. The topological polar surface area (TPSA) is 80.7 Å². The van der Waals surface area contributed by atoms with E-state index >= 15 is 0 Å². The molecule has 0 atom stereocenters. The summed E-state index contributed by atoms with van der Waals surface area (Å²) in [4.78, 5) is 13.3. The minimum absolute atomic E-state index is 0.196. The Morgan fingerprint density at radius 1 is 1.40 bits per heavy atom. The number of nitrogens with zero attached hydrogens (tertiary/aromatic N) is 1. The molecular formula is C14H17N3O3. The van der Waals surface area contributed by atoms with E-state index in [1.165, 1.54) is 0 Å². The van der Waals surface area contributed by atoms with Gasteiger partial charge in [-0.15, -0.1) is 0 Å². The molecular weight excluding hydrogens is 258 g/mol. The zero-order valence-electron chi connectivity index (χ0n) is 11.4. The lowest BCUT2D eigenvalue weighted by molar-refractivity contribution is 0.0924. The molecule has 106 valence electrons. The predicted molar refractivity (Wildman–Crippen MR) is 75.5 cm³/mol. The van der Waals surface area contributed by atoms with Crippen LogP contribution < -0.4 is 20.9 Å². The Balaban J connectivity index is 2.08. The van der Waals surface area contributed by atoms with Crippen LogP contribution >= 0.6 is 0 Å². The maximum absolute atomic E-state index is 11.3. The van der Waals surface area contributed by atoms with Crippen molar-refractivity contribution in [3.8, 4) is 5.75 Å². The molecule has 1 heterocycles. The van der Waals surface area contributed by atoms with E-state index in [4.69, 9.17) is 15.0 Å². The molecule has 0 radical (unpaired) electrons. The Labute approximate surface area is 117 Å². The largest absolute Gasteiger partial charge is 0.497 e. The Morgan fingerprint density at radius 2 is 2.20 bits per heavy atom. The second-order valence-electron chi connectivity index (χ2n) is 4.30. The summed E-state index contributed by atoms with van der Waals surface area (Å²) in [5.74, 6) is 6.27. The number of amides is 1. The lowest BCUT2D eigenvalue weighted by atomic mass is 10.2. The van der Waals surface area contributed by atoms with Crippen molar-refractivity contribution in [2.45, 2.75) is 6.54 Å². The van der Waals surface area contributed by atoms with Crippen molar-refractivity contribution in [2.24, 2.45) is 5.84 Å². The van der Waals surface area contributed by atoms with Gasteiger partial charge in [0.2, 0.25) is 0 Å². The summed E-state index contributed by atoms with van der Waals surface area (Å²) in [6.45, 7) is 0.533. The minimum atomic E-state index is -0.444. The van der Waals surface area contributed by atoms with E-state index in [-0.39, 0.29) is 5.76 Å². The van der Waals surface area contributed by atoms with Gasteiger partial charge in [0, 0.05) is 18.8 Å². The normalized spacial score (nSPS) is 10.2. The van der Waals surface area contributed by atoms with Crippen molar-refractivity contribution >= 4 is 11.6 Å². The van der Waals surface area contributed by atoms with E-state index in [0.717, 1.165) is 11.4 Å². The van der Waals surface area contributed by atoms with Crippen molar-refractivity contribution in [1.29, 1.82) is 0 Å². The van der Waals surface area contributed by atoms with Crippen molar-refractivity contribution in [2.75, 3.05) is 19.1 Å². The van der Waals surface area contributed by atoms with Crippen LogP contribution in [-0.2, 0) is 6.54 Å². The second kappa shape index (κ2) is 6.12. The molecule has 2 rings (SSSR count). The van der Waals surface area contributed by atoms with Crippen molar-refractivity contribution in [3.63, 3.8) is 0 Å². The minimum Gasteiger partial charge on any atom is -0.497 e. The summed E-state index contributed by atoms with van der Waals surface area (Å²) in [7, 11) is 3.56. The zero-order valence-corrected chi connectivity index (χ0v) is 11.4. The first kappa shape index (κ1) is 14.0. The average Bonchev–Trinajstić information content (AvgIpc) is 2.95. The summed E-state index contributed by atoms with van der Waals surface area (Å²) >= 11 is 0. The molecule has 0 aliphatic heterocycles. The van der Waals surface area contributed by atoms with Gasteiger partial charge in [0.25, 0.3) is 0 Å². The zero-order chi connectivity index (χ0) is 14.5. The van der Waals surface area contributed by atoms with Gasteiger partial charge in [-0.25, -0.2) is 5.84 Å². The molecule has 0 saturated heterocycles. The van der Waals surface area contributed by atoms with Crippen molar-refractivity contribution < 1.29 is 13.9 Å². The number of ether oxygens (including phenoxy) is 1. The summed E-state index contributed by atoms with van der Waals surface area (Å²) in [6, 6.07) is 11.0. The lowest BCUT2D eigenvalue weighted by Crippen LogP contribution is -2.29. The first-order valence-corrected chi connectivity index (χ1v) is 6.09. The number of furan rings is 1. The maximum atomic E-state index is 11.3. The SMILES string of the molecule is COc1cccc(N(C)Cc2ccc(C(=O)NN)o2)c1. The van der Waals surface area contributed by atoms with Crippen LogP contribution in [0, 0.1) is 0 Å². The number of anilines is 1. The molecule has 2 aromatic rings. The highest BCUT2D eigenvalue weighted by Crippen LogP contribution is 2.21. The van der Waals surface area contributed by atoms with Crippen LogP contribution in [0.2, 0.25) is 0 Å². The Morgan fingerprint density at radius 3 is 2.90 bits per heavy atom. The Kier molecular flexibility index (Phi) is 4.27. The molecule has 1 aromatic heterocycles. The summed E-state index contributed by atoms with van der Waals surface area (Å²) in [5, 5.41) is 0. The van der Waals surface area contributed by atoms with Gasteiger partial charge >= 0.3 is 5.91 Å². The number of benzene rings is 1. The maximum Gasteiger partial charge on any atom is 0.300 e. The van der Waals surface area contributed by atoms with Gasteiger partial charge in [-0.05, 0) is 24.3 Å². The highest BCUT2D eigenvalue weighted by atomic mass is 16.5. The highest BCUT2D eigenvalue weighted by molar-refractivity contribution is 5.90. The van der Waals surface area contributed by atoms with E-state index in [1.807, 2.05) is 41.6 Å². The number of rotatable bonds is 5. The van der Waals surface area contributed by atoms with Gasteiger partial charge in [-0.1, -0.05) is 6.07 Å². The van der Waals surface area contributed by atoms with Gasteiger partial charge in [-0.3, -0.25) is 10.2 Å². The van der Waals surface area contributed by atoms with E-state index in [0.29, 0.717) is 12.3 Å². The standard InChI is InChI=1S/C14H17N3O3/c1-17(10-4-3-5-11(8-10)19-2)9-12-6-7-13(20-12)14(18)16-15/h3-8H,9,15H2,1-2H3,(H,16,18). The molecule has 0 saturated carbocycles. The summed E-state index contributed by atoms with van der Waals surface area (Å²) in [6.07, 6.45) is 0. The fraction of sp³-hybridized carbons (Fsp3) is 0.214. The molecule has 0 bridgehead atoms. The van der Waals surface area contributed by atoms with Crippen molar-refractivity contribution in [1.82, 2.24) is 5.43 Å². The van der Waals surface area contributed by atoms with Gasteiger partial charge in [0.1, 0.15) is 11.5 Å². The quantitative estimate of drug-likeness (QED) is 0.491. The van der Waals surface area contributed by atoms with Crippen LogP contribution in [0.3, 0.4) is 0 Å². The molecule has 0 aliphatic rings. The molecule has 0 fully saturated rings. The number of hydrogen-bond acceptors (Lipinski definition) is 5. The van der Waals surface area contributed by atoms with Crippen LogP contribution in [-0.4, -0.2) is 20.1 Å². The molecule has 0 unspecified atom stereocenters. The van der Waals surface area contributed by atoms with E-state index in [2.05, 4.69) is 0 Å². The molecule has 1 aromatic carbocycles. The number of methoxy groups -OCH3 is 1. The first-order valence-electron chi connectivity index (χ1n) is 6.09. The third kappa shape index (κ3) is 3.10. The summed E-state index contributed by atoms with van der Waals surface area (Å²) < 4.78 is 10.6. The van der Waals surface area contributed by atoms with Gasteiger partial charge < -0.3 is 14.1 Å². The number of carbonyl (C=O) groups is 1. The monoisotopic (exact) mass is 275 g/mol. The molecule has 6 nitrogen and oxygen atoms in total. The number of hydrogen-bond donors (Lipinski definition) is 2. The van der Waals surface area contributed by atoms with Crippen LogP contribution in [0.1, 0.15) is 16.3 Å². The molecule has 6 heteroatoms. The average molecular weight is 275 g/mol. The number of nitrogens with two attached hydrogens (primary N) is 1. The number of nitrogens with one attached hydrogen (secondary N) is 1. The van der Waals surface area contributed by atoms with Crippen LogP contribution in [0.4, 0.5) is 5.69 Å². The van der Waals surface area contributed by atoms with E-state index < -0.39 is 5.91 Å². The fourth-order valence-corrected chi connectivity index (χ4v) is 1.83. The molecule has 0 spiro atoms. The van der Waals surface area contributed by atoms with Crippen LogP contribution in [0.15, 0.2) is 40.8 Å². The number of hydrazine groups is 1. The fourth-order valence-electron chi connectivity index (χ4n) is 1.83. The second-order valence-corrected chi connectivity index (χ2v) is 4.30. The van der Waals surface area contributed by atoms with Crippen molar-refractivity contribution in [3.05, 3.63) is 47.9 Å². The molecule has 20 heavy (non-hydrogen) atoms. The first-order chi connectivity index (χ1) is 9.63. The number of nitrogen functional groups attached to an aromatic ring is 1. The van der Waals surface area contributed by atoms with E-state index in [9.17, 15) is 4.79 Å². The lowest BCUT2D eigenvalue weighted by Gasteiger charge is -2.18. The van der Waals surface area contributed by atoms with Crippen LogP contribution in [0.5, 0.6) is 5.75 Å². The third-order valence-corrected chi connectivity index (χ3v) is 2.90. The molecule has 1 amide bonds. The predicted octanol–water partition coefficient (Wildman–Crippen LogP) is 1.53. The third-order valence-electron chi connectivity index (χ3n) is 2.90. The highest BCUT2D eigenvalue weighted by Gasteiger charge is 2.11. The van der Waals surface area contributed by atoms with Gasteiger partial charge in [0.05, 0.1) is 13.7 Å². The number of carbonyl (C=O) groups excluding carboxylic acids is 1. The molecule has 3 N–H and O–H groups in total. The van der Waals surface area contributed by atoms with E-state index in [1.54, 1.807) is 19.2 Å². The van der Waals surface area contributed by atoms with Gasteiger partial charge in [0.15, 0.2) is 5.76 Å². The Bertz CT molecular complexity index is 595. The van der Waals surface area contributed by atoms with Gasteiger partial charge in [-0.2, -0.15) is 0 Å². The Hall–Kier alpha value is -2.47. The summed E-state index contributed by atoms with van der Waals surface area (Å²) in [5.41, 5.74) is 3.02.